The molecule has 0 saturated heterocycles. The van der Waals surface area contributed by atoms with E-state index in [1.54, 1.807) is 66.7 Å². The molecule has 0 bridgehead atoms. The monoisotopic (exact) mass is 543 g/mol. The average Bonchev–Trinajstić information content (AvgIpc) is 2.84. The van der Waals surface area contributed by atoms with Crippen LogP contribution in [-0.2, 0) is 4.79 Å². The maximum Gasteiger partial charge on any atom is 0.343 e. The van der Waals surface area contributed by atoms with Gasteiger partial charge < -0.3 is 14.8 Å². The number of rotatable bonds is 8. The third-order valence-corrected chi connectivity index (χ3v) is 5.15. The highest BCUT2D eigenvalue weighted by Gasteiger charge is 2.12. The Morgan fingerprint density at radius 2 is 1.68 bits per heavy atom. The molecule has 0 radical (unpaired) electrons. The standard InChI is InChI=1S/C24H19BrClN3O5/c1-33-20-9-4-15(5-10-20)23(31)27-14-22(30)29-28-13-17-12-18(25)6-11-21(17)34-24(32)16-2-7-19(26)8-3-16/h2-13H,14H2,1H3,(H,27,31)(H,29,30)/b28-13+. The number of benzene rings is 3. The van der Waals surface area contributed by atoms with Crippen molar-refractivity contribution in [1.29, 1.82) is 0 Å². The Morgan fingerprint density at radius 3 is 2.35 bits per heavy atom. The van der Waals surface area contributed by atoms with E-state index >= 15 is 0 Å². The zero-order valence-electron chi connectivity index (χ0n) is 17.9. The van der Waals surface area contributed by atoms with Crippen LogP contribution in [0.4, 0.5) is 0 Å². The number of methoxy groups -OCH3 is 1. The lowest BCUT2D eigenvalue weighted by molar-refractivity contribution is -0.120. The van der Waals surface area contributed by atoms with Crippen LogP contribution in [0.3, 0.4) is 0 Å². The predicted molar refractivity (Wildman–Crippen MR) is 132 cm³/mol. The van der Waals surface area contributed by atoms with Crippen LogP contribution < -0.4 is 20.2 Å². The van der Waals surface area contributed by atoms with Crippen LogP contribution >= 0.6 is 27.5 Å². The highest BCUT2D eigenvalue weighted by molar-refractivity contribution is 9.10. The molecule has 0 saturated carbocycles. The fraction of sp³-hybridized carbons (Fsp3) is 0.0833. The first kappa shape index (κ1) is 24.9. The van der Waals surface area contributed by atoms with Gasteiger partial charge in [0.25, 0.3) is 11.8 Å². The summed E-state index contributed by atoms with van der Waals surface area (Å²) in [6.07, 6.45) is 1.33. The first-order chi connectivity index (χ1) is 16.4. The number of carbonyl (C=O) groups excluding carboxylic acids is 3. The van der Waals surface area contributed by atoms with Gasteiger partial charge >= 0.3 is 5.97 Å². The van der Waals surface area contributed by atoms with Gasteiger partial charge in [-0.2, -0.15) is 5.10 Å². The molecule has 2 amide bonds. The van der Waals surface area contributed by atoms with Crippen LogP contribution in [0.15, 0.2) is 76.3 Å². The molecule has 0 aliphatic carbocycles. The molecular weight excluding hydrogens is 526 g/mol. The second kappa shape index (κ2) is 12.0. The van der Waals surface area contributed by atoms with Crippen molar-refractivity contribution in [2.24, 2.45) is 5.10 Å². The van der Waals surface area contributed by atoms with Gasteiger partial charge in [0.05, 0.1) is 25.4 Å². The Bertz CT molecular complexity index is 1210. The lowest BCUT2D eigenvalue weighted by Crippen LogP contribution is -2.34. The van der Waals surface area contributed by atoms with E-state index in [1.807, 2.05) is 0 Å². The molecule has 3 rings (SSSR count). The van der Waals surface area contributed by atoms with Gasteiger partial charge in [0.1, 0.15) is 11.5 Å². The summed E-state index contributed by atoms with van der Waals surface area (Å²) in [7, 11) is 1.53. The van der Waals surface area contributed by atoms with Crippen LogP contribution in [0, 0.1) is 0 Å². The number of nitrogens with one attached hydrogen (secondary N) is 2. The number of esters is 1. The number of hydrogen-bond acceptors (Lipinski definition) is 6. The number of hydrogen-bond donors (Lipinski definition) is 2. The quantitative estimate of drug-likeness (QED) is 0.191. The van der Waals surface area contributed by atoms with E-state index in [1.165, 1.54) is 13.3 Å². The molecule has 0 aliphatic rings. The molecule has 8 nitrogen and oxygen atoms in total. The van der Waals surface area contributed by atoms with Gasteiger partial charge in [-0.1, -0.05) is 27.5 Å². The third kappa shape index (κ3) is 7.16. The van der Waals surface area contributed by atoms with Gasteiger partial charge in [-0.15, -0.1) is 0 Å². The van der Waals surface area contributed by atoms with Gasteiger partial charge in [0.15, 0.2) is 0 Å². The largest absolute Gasteiger partial charge is 0.497 e. The lowest BCUT2D eigenvalue weighted by Gasteiger charge is -2.08. The van der Waals surface area contributed by atoms with E-state index in [4.69, 9.17) is 21.1 Å². The molecule has 3 aromatic carbocycles. The summed E-state index contributed by atoms with van der Waals surface area (Å²) >= 11 is 9.20. The van der Waals surface area contributed by atoms with Crippen molar-refractivity contribution in [1.82, 2.24) is 10.7 Å². The van der Waals surface area contributed by atoms with E-state index in [2.05, 4.69) is 31.8 Å². The summed E-state index contributed by atoms with van der Waals surface area (Å²) in [5.74, 6) is -0.653. The number of hydrazone groups is 1. The molecule has 0 spiro atoms. The number of amides is 2. The predicted octanol–water partition coefficient (Wildman–Crippen LogP) is 4.21. The van der Waals surface area contributed by atoms with Crippen LogP contribution in [0.25, 0.3) is 0 Å². The van der Waals surface area contributed by atoms with Crippen molar-refractivity contribution in [3.63, 3.8) is 0 Å². The Hall–Kier alpha value is -3.69. The molecule has 10 heteroatoms. The van der Waals surface area contributed by atoms with Crippen LogP contribution in [0.5, 0.6) is 11.5 Å². The normalized spacial score (nSPS) is 10.6. The number of nitrogens with zero attached hydrogens (tertiary/aromatic N) is 1. The zero-order valence-corrected chi connectivity index (χ0v) is 20.2. The highest BCUT2D eigenvalue weighted by Crippen LogP contribution is 2.23. The van der Waals surface area contributed by atoms with Crippen molar-refractivity contribution < 1.29 is 23.9 Å². The lowest BCUT2D eigenvalue weighted by atomic mass is 10.2. The Balaban J connectivity index is 1.57. The zero-order chi connectivity index (χ0) is 24.5. The Labute approximate surface area is 209 Å². The van der Waals surface area contributed by atoms with E-state index < -0.39 is 17.8 Å². The minimum absolute atomic E-state index is 0.244. The van der Waals surface area contributed by atoms with Gasteiger partial charge in [-0.3, -0.25) is 9.59 Å². The van der Waals surface area contributed by atoms with Crippen LogP contribution in [0.1, 0.15) is 26.3 Å². The van der Waals surface area contributed by atoms with Gasteiger partial charge in [-0.25, -0.2) is 10.2 Å². The number of halogens is 2. The minimum atomic E-state index is -0.570. The molecule has 0 aliphatic heterocycles. The van der Waals surface area contributed by atoms with Gasteiger partial charge in [-0.05, 0) is 66.7 Å². The second-order valence-electron chi connectivity index (χ2n) is 6.78. The molecule has 3 aromatic rings. The SMILES string of the molecule is COc1ccc(C(=O)NCC(=O)N/N=C/c2cc(Br)ccc2OC(=O)c2ccc(Cl)cc2)cc1. The van der Waals surface area contributed by atoms with Crippen molar-refractivity contribution >= 4 is 51.5 Å². The summed E-state index contributed by atoms with van der Waals surface area (Å²) in [5, 5.41) is 6.89. The topological polar surface area (TPSA) is 106 Å². The van der Waals surface area contributed by atoms with Crippen molar-refractivity contribution in [3.8, 4) is 11.5 Å². The molecule has 0 heterocycles. The van der Waals surface area contributed by atoms with Crippen molar-refractivity contribution in [2.75, 3.05) is 13.7 Å². The first-order valence-electron chi connectivity index (χ1n) is 9.87. The fourth-order valence-electron chi connectivity index (χ4n) is 2.68. The van der Waals surface area contributed by atoms with Gasteiger partial charge in [0, 0.05) is 20.6 Å². The Kier molecular flexibility index (Phi) is 8.78. The molecular formula is C24H19BrClN3O5. The highest BCUT2D eigenvalue weighted by atomic mass is 79.9. The molecule has 0 atom stereocenters. The molecule has 34 heavy (non-hydrogen) atoms. The molecule has 2 N–H and O–H groups in total. The fourth-order valence-corrected chi connectivity index (χ4v) is 3.18. The first-order valence-corrected chi connectivity index (χ1v) is 11.0. The van der Waals surface area contributed by atoms with E-state index in [-0.39, 0.29) is 12.3 Å². The number of ether oxygens (including phenoxy) is 2. The van der Waals surface area contributed by atoms with Crippen molar-refractivity contribution in [2.45, 2.75) is 0 Å². The van der Waals surface area contributed by atoms with Crippen molar-refractivity contribution in [3.05, 3.63) is 92.9 Å². The Morgan fingerprint density at radius 1 is 1.00 bits per heavy atom. The summed E-state index contributed by atoms with van der Waals surface area (Å²) in [6.45, 7) is -0.279. The molecule has 0 unspecified atom stereocenters. The van der Waals surface area contributed by atoms with Crippen LogP contribution in [0.2, 0.25) is 5.02 Å². The summed E-state index contributed by atoms with van der Waals surface area (Å²) < 4.78 is 11.2. The average molecular weight is 545 g/mol. The smallest absolute Gasteiger partial charge is 0.343 e. The van der Waals surface area contributed by atoms with Crippen LogP contribution in [-0.4, -0.2) is 37.7 Å². The van der Waals surface area contributed by atoms with Gasteiger partial charge in [0.2, 0.25) is 0 Å². The van der Waals surface area contributed by atoms with E-state index in [0.29, 0.717) is 27.5 Å². The molecule has 0 fully saturated rings. The maximum atomic E-state index is 12.4. The molecule has 174 valence electrons. The molecule has 0 aromatic heterocycles. The third-order valence-electron chi connectivity index (χ3n) is 4.41. The van der Waals surface area contributed by atoms with E-state index in [9.17, 15) is 14.4 Å². The number of carbonyl (C=O) groups is 3. The van der Waals surface area contributed by atoms with E-state index in [0.717, 1.165) is 4.47 Å². The maximum absolute atomic E-state index is 12.4. The second-order valence-corrected chi connectivity index (χ2v) is 8.14. The summed E-state index contributed by atoms with van der Waals surface area (Å²) in [5.41, 5.74) is 3.48. The summed E-state index contributed by atoms with van der Waals surface area (Å²) in [4.78, 5) is 36.6. The minimum Gasteiger partial charge on any atom is -0.497 e. The summed E-state index contributed by atoms with van der Waals surface area (Å²) in [6, 6.07) is 17.7.